The molecule has 9 heteroatoms. The highest BCUT2D eigenvalue weighted by molar-refractivity contribution is 7.92. The first kappa shape index (κ1) is 19.4. The van der Waals surface area contributed by atoms with Crippen molar-refractivity contribution in [1.82, 2.24) is 9.78 Å². The first-order valence-electron chi connectivity index (χ1n) is 8.85. The summed E-state index contributed by atoms with van der Waals surface area (Å²) >= 11 is 0. The molecule has 0 aliphatic carbocycles. The zero-order chi connectivity index (χ0) is 19.4. The molecule has 2 N–H and O–H groups in total. The van der Waals surface area contributed by atoms with E-state index in [1.807, 2.05) is 0 Å². The number of carbonyl (C=O) groups excluding carboxylic acids is 1. The maximum absolute atomic E-state index is 12.7. The Hall–Kier alpha value is -2.39. The Morgan fingerprint density at radius 2 is 2.04 bits per heavy atom. The third-order valence-corrected chi connectivity index (χ3v) is 6.00. The zero-order valence-electron chi connectivity index (χ0n) is 15.4. The fourth-order valence-electron chi connectivity index (χ4n) is 3.15. The number of nitrogens with one attached hydrogen (secondary N) is 2. The monoisotopic (exact) mass is 392 g/mol. The smallest absolute Gasteiger partial charge is 0.262 e. The lowest BCUT2D eigenvalue weighted by atomic mass is 10.0. The summed E-state index contributed by atoms with van der Waals surface area (Å²) in [6.45, 7) is 5.36. The van der Waals surface area contributed by atoms with E-state index in [9.17, 15) is 13.2 Å². The Bertz CT molecular complexity index is 917. The Labute approximate surface area is 159 Å². The van der Waals surface area contributed by atoms with Crippen LogP contribution in [0.4, 0.5) is 11.4 Å². The Balaban J connectivity index is 1.70. The van der Waals surface area contributed by atoms with Gasteiger partial charge >= 0.3 is 0 Å². The minimum absolute atomic E-state index is 0.161. The molecular weight excluding hydrogens is 368 g/mol. The van der Waals surface area contributed by atoms with Gasteiger partial charge in [-0.3, -0.25) is 14.2 Å². The second-order valence-electron chi connectivity index (χ2n) is 6.77. The molecule has 2 aromatic rings. The number of aryl methyl sites for hydroxylation is 1. The van der Waals surface area contributed by atoms with Crippen LogP contribution in [0.5, 0.6) is 0 Å². The number of sulfonamides is 1. The molecular formula is C18H24N4O4S. The highest BCUT2D eigenvalue weighted by Crippen LogP contribution is 2.23. The summed E-state index contributed by atoms with van der Waals surface area (Å²) in [4.78, 5) is 11.3. The molecule has 1 fully saturated rings. The van der Waals surface area contributed by atoms with Crippen molar-refractivity contribution in [1.29, 1.82) is 0 Å². The average molecular weight is 392 g/mol. The molecule has 1 aromatic carbocycles. The highest BCUT2D eigenvalue weighted by atomic mass is 32.2. The SMILES string of the molecule is CC(=O)Nc1ccc(S(=O)(=O)Nc2cnn(CC3CCOCC3)c2)c(C)c1. The standard InChI is InChI=1S/C18H24N4O4S/c1-13-9-16(20-14(2)23)3-4-18(13)27(24,25)21-17-10-19-22(12-17)11-15-5-7-26-8-6-15/h3-4,9-10,12,15,21H,5-8,11H2,1-2H3,(H,20,23). The van der Waals surface area contributed by atoms with E-state index in [-0.39, 0.29) is 10.8 Å². The van der Waals surface area contributed by atoms with Gasteiger partial charge in [-0.2, -0.15) is 5.10 Å². The van der Waals surface area contributed by atoms with Crippen LogP contribution in [-0.4, -0.2) is 37.3 Å². The Morgan fingerprint density at radius 3 is 2.70 bits per heavy atom. The molecule has 8 nitrogen and oxygen atoms in total. The molecule has 0 bridgehead atoms. The summed E-state index contributed by atoms with van der Waals surface area (Å²) in [6, 6.07) is 4.68. The predicted octanol–water partition coefficient (Wildman–Crippen LogP) is 2.38. The summed E-state index contributed by atoms with van der Waals surface area (Å²) < 4.78 is 35.1. The fourth-order valence-corrected chi connectivity index (χ4v) is 4.41. The number of anilines is 2. The summed E-state index contributed by atoms with van der Waals surface area (Å²) in [6.07, 6.45) is 5.19. The molecule has 1 amide bonds. The molecule has 3 rings (SSSR count). The number of aromatic nitrogens is 2. The van der Waals surface area contributed by atoms with Crippen molar-refractivity contribution < 1.29 is 17.9 Å². The predicted molar refractivity (Wildman–Crippen MR) is 102 cm³/mol. The summed E-state index contributed by atoms with van der Waals surface area (Å²) in [5, 5.41) is 6.90. The number of nitrogens with zero attached hydrogens (tertiary/aromatic N) is 2. The lowest BCUT2D eigenvalue weighted by Crippen LogP contribution is -2.20. The van der Waals surface area contributed by atoms with Crippen LogP contribution in [0.15, 0.2) is 35.5 Å². The van der Waals surface area contributed by atoms with Gasteiger partial charge in [0.1, 0.15) is 0 Å². The van der Waals surface area contributed by atoms with Crippen LogP contribution in [0, 0.1) is 12.8 Å². The number of benzene rings is 1. The highest BCUT2D eigenvalue weighted by Gasteiger charge is 2.19. The van der Waals surface area contributed by atoms with Gasteiger partial charge in [-0.25, -0.2) is 8.42 Å². The van der Waals surface area contributed by atoms with Gasteiger partial charge in [0.25, 0.3) is 10.0 Å². The Kier molecular flexibility index (Phi) is 5.81. The molecule has 1 aliphatic heterocycles. The van der Waals surface area contributed by atoms with Crippen LogP contribution in [0.3, 0.4) is 0 Å². The van der Waals surface area contributed by atoms with E-state index in [1.54, 1.807) is 29.9 Å². The van der Waals surface area contributed by atoms with E-state index in [0.29, 0.717) is 22.9 Å². The van der Waals surface area contributed by atoms with Crippen LogP contribution in [0.25, 0.3) is 0 Å². The van der Waals surface area contributed by atoms with E-state index in [1.165, 1.54) is 19.2 Å². The van der Waals surface area contributed by atoms with Crippen molar-refractivity contribution in [2.24, 2.45) is 5.92 Å². The minimum Gasteiger partial charge on any atom is -0.381 e. The number of hydrogen-bond acceptors (Lipinski definition) is 5. The van der Waals surface area contributed by atoms with Crippen LogP contribution in [-0.2, 0) is 26.1 Å². The summed E-state index contributed by atoms with van der Waals surface area (Å²) in [7, 11) is -3.75. The van der Waals surface area contributed by atoms with E-state index in [0.717, 1.165) is 32.6 Å². The van der Waals surface area contributed by atoms with Gasteiger partial charge in [-0.05, 0) is 49.4 Å². The number of carbonyl (C=O) groups is 1. The van der Waals surface area contributed by atoms with Gasteiger partial charge in [-0.15, -0.1) is 0 Å². The molecule has 1 saturated heterocycles. The van der Waals surface area contributed by atoms with Gasteiger partial charge < -0.3 is 10.1 Å². The second-order valence-corrected chi connectivity index (χ2v) is 8.42. The topological polar surface area (TPSA) is 102 Å². The lowest BCUT2D eigenvalue weighted by molar-refractivity contribution is -0.114. The fraction of sp³-hybridized carbons (Fsp3) is 0.444. The van der Waals surface area contributed by atoms with Crippen molar-refractivity contribution in [3.05, 3.63) is 36.2 Å². The number of amides is 1. The van der Waals surface area contributed by atoms with Gasteiger partial charge in [0.2, 0.25) is 5.91 Å². The van der Waals surface area contributed by atoms with Crippen molar-refractivity contribution in [3.8, 4) is 0 Å². The molecule has 1 aliphatic rings. The van der Waals surface area contributed by atoms with Crippen molar-refractivity contribution in [2.45, 2.75) is 38.1 Å². The molecule has 146 valence electrons. The molecule has 2 heterocycles. The van der Waals surface area contributed by atoms with Crippen LogP contribution < -0.4 is 10.0 Å². The summed E-state index contributed by atoms with van der Waals surface area (Å²) in [5.41, 5.74) is 1.53. The number of rotatable bonds is 6. The second kappa shape index (κ2) is 8.10. The van der Waals surface area contributed by atoms with Crippen molar-refractivity contribution >= 4 is 27.3 Å². The summed E-state index contributed by atoms with van der Waals surface area (Å²) in [5.74, 6) is 0.284. The molecule has 0 spiro atoms. The molecule has 0 atom stereocenters. The third kappa shape index (κ3) is 5.08. The third-order valence-electron chi connectivity index (χ3n) is 4.46. The van der Waals surface area contributed by atoms with Gasteiger partial charge in [0.15, 0.2) is 0 Å². The molecule has 0 radical (unpaired) electrons. The lowest BCUT2D eigenvalue weighted by Gasteiger charge is -2.21. The van der Waals surface area contributed by atoms with E-state index < -0.39 is 10.0 Å². The average Bonchev–Trinajstić information content (AvgIpc) is 3.01. The van der Waals surface area contributed by atoms with Crippen molar-refractivity contribution in [2.75, 3.05) is 23.3 Å². The number of ether oxygens (including phenoxy) is 1. The van der Waals surface area contributed by atoms with Gasteiger partial charge in [0, 0.05) is 38.6 Å². The quantitative estimate of drug-likeness (QED) is 0.786. The van der Waals surface area contributed by atoms with Crippen LogP contribution >= 0.6 is 0 Å². The molecule has 27 heavy (non-hydrogen) atoms. The largest absolute Gasteiger partial charge is 0.381 e. The van der Waals surface area contributed by atoms with E-state index in [4.69, 9.17) is 4.74 Å². The van der Waals surface area contributed by atoms with Crippen LogP contribution in [0.1, 0.15) is 25.3 Å². The van der Waals surface area contributed by atoms with E-state index >= 15 is 0 Å². The maximum Gasteiger partial charge on any atom is 0.262 e. The zero-order valence-corrected chi connectivity index (χ0v) is 16.3. The van der Waals surface area contributed by atoms with Crippen molar-refractivity contribution in [3.63, 3.8) is 0 Å². The van der Waals surface area contributed by atoms with Crippen LogP contribution in [0.2, 0.25) is 0 Å². The maximum atomic E-state index is 12.7. The first-order chi connectivity index (χ1) is 12.8. The molecule has 1 aromatic heterocycles. The Morgan fingerprint density at radius 1 is 1.30 bits per heavy atom. The van der Waals surface area contributed by atoms with Gasteiger partial charge in [0.05, 0.1) is 16.8 Å². The normalized spacial score (nSPS) is 15.5. The number of hydrogen-bond donors (Lipinski definition) is 2. The minimum atomic E-state index is -3.75. The van der Waals surface area contributed by atoms with E-state index in [2.05, 4.69) is 15.1 Å². The first-order valence-corrected chi connectivity index (χ1v) is 10.3. The molecule has 0 saturated carbocycles. The molecule has 0 unspecified atom stereocenters. The van der Waals surface area contributed by atoms with Gasteiger partial charge in [-0.1, -0.05) is 0 Å².